The summed E-state index contributed by atoms with van der Waals surface area (Å²) in [5.41, 5.74) is 3.23. The summed E-state index contributed by atoms with van der Waals surface area (Å²) in [6.45, 7) is 0. The molecule has 2 N–H and O–H groups in total. The molecular formula is C21H22N2O3. The van der Waals surface area contributed by atoms with Gasteiger partial charge in [-0.15, -0.1) is 0 Å². The number of pyridine rings is 1. The number of rotatable bonds is 3. The maximum atomic E-state index is 12.5. The van der Waals surface area contributed by atoms with Crippen LogP contribution in [0.1, 0.15) is 42.5 Å². The molecule has 1 aromatic carbocycles. The first-order chi connectivity index (χ1) is 12.7. The molecular weight excluding hydrogens is 328 g/mol. The van der Waals surface area contributed by atoms with Gasteiger partial charge in [-0.2, -0.15) is 0 Å². The van der Waals surface area contributed by atoms with Crippen LogP contribution in [0.4, 0.5) is 0 Å². The first-order valence-electron chi connectivity index (χ1n) is 9.12. The Morgan fingerprint density at radius 1 is 1.08 bits per heavy atom. The smallest absolute Gasteiger partial charge is 0.251 e. The van der Waals surface area contributed by atoms with E-state index in [4.69, 9.17) is 4.42 Å². The molecule has 5 heteroatoms. The molecule has 26 heavy (non-hydrogen) atoms. The molecule has 2 aromatic heterocycles. The lowest BCUT2D eigenvalue weighted by molar-refractivity contribution is 0.0931. The van der Waals surface area contributed by atoms with Crippen LogP contribution in [0.2, 0.25) is 0 Å². The summed E-state index contributed by atoms with van der Waals surface area (Å²) in [6, 6.07) is 11.4. The van der Waals surface area contributed by atoms with Crippen LogP contribution in [0.15, 0.2) is 53.3 Å². The molecule has 134 valence electrons. The average Bonchev–Trinajstić information content (AvgIpc) is 3.06. The summed E-state index contributed by atoms with van der Waals surface area (Å²) < 4.78 is 5.42. The van der Waals surface area contributed by atoms with E-state index in [9.17, 15) is 9.90 Å². The van der Waals surface area contributed by atoms with Crippen LogP contribution < -0.4 is 5.32 Å². The highest BCUT2D eigenvalue weighted by atomic mass is 16.3. The third kappa shape index (κ3) is 3.48. The SMILES string of the molecule is O=C(N[C@H]1CCC[C@@H](O)CC1)c1ccc(-c2nccc3occc23)cc1. The molecule has 2 atom stereocenters. The highest BCUT2D eigenvalue weighted by molar-refractivity contribution is 5.96. The Morgan fingerprint density at radius 2 is 1.92 bits per heavy atom. The molecule has 1 saturated carbocycles. The van der Waals surface area contributed by atoms with Crippen LogP contribution in [-0.4, -0.2) is 28.1 Å². The Hall–Kier alpha value is -2.66. The number of hydrogen-bond donors (Lipinski definition) is 2. The largest absolute Gasteiger partial charge is 0.464 e. The second-order valence-corrected chi connectivity index (χ2v) is 6.90. The van der Waals surface area contributed by atoms with Gasteiger partial charge in [0.25, 0.3) is 5.91 Å². The van der Waals surface area contributed by atoms with E-state index in [0.717, 1.165) is 54.3 Å². The molecule has 1 aliphatic carbocycles. The van der Waals surface area contributed by atoms with Crippen molar-refractivity contribution in [3.63, 3.8) is 0 Å². The lowest BCUT2D eigenvalue weighted by Gasteiger charge is -2.16. The maximum absolute atomic E-state index is 12.5. The Balaban J connectivity index is 1.49. The van der Waals surface area contributed by atoms with Crippen molar-refractivity contribution in [2.75, 3.05) is 0 Å². The van der Waals surface area contributed by atoms with E-state index in [0.29, 0.717) is 5.56 Å². The molecule has 0 bridgehead atoms. The number of benzene rings is 1. The maximum Gasteiger partial charge on any atom is 0.251 e. The molecule has 0 spiro atoms. The third-order valence-corrected chi connectivity index (χ3v) is 5.07. The van der Waals surface area contributed by atoms with Gasteiger partial charge in [-0.05, 0) is 56.4 Å². The molecule has 3 aromatic rings. The Labute approximate surface area is 152 Å². The molecule has 0 aliphatic heterocycles. The summed E-state index contributed by atoms with van der Waals surface area (Å²) in [4.78, 5) is 17.0. The molecule has 0 radical (unpaired) electrons. The van der Waals surface area contributed by atoms with Gasteiger partial charge in [0.1, 0.15) is 5.58 Å². The van der Waals surface area contributed by atoms with E-state index in [1.165, 1.54) is 0 Å². The minimum absolute atomic E-state index is 0.0626. The molecule has 2 heterocycles. The van der Waals surface area contributed by atoms with E-state index in [1.54, 1.807) is 12.5 Å². The van der Waals surface area contributed by atoms with Crippen molar-refractivity contribution in [1.29, 1.82) is 0 Å². The molecule has 0 unspecified atom stereocenters. The first-order valence-corrected chi connectivity index (χ1v) is 9.12. The molecule has 1 amide bonds. The van der Waals surface area contributed by atoms with Crippen molar-refractivity contribution in [2.45, 2.75) is 44.2 Å². The monoisotopic (exact) mass is 350 g/mol. The average molecular weight is 350 g/mol. The van der Waals surface area contributed by atoms with Gasteiger partial charge in [0, 0.05) is 28.8 Å². The van der Waals surface area contributed by atoms with Crippen molar-refractivity contribution in [3.05, 3.63) is 54.4 Å². The molecule has 5 nitrogen and oxygen atoms in total. The molecule has 1 aliphatic rings. The fraction of sp³-hybridized carbons (Fsp3) is 0.333. The van der Waals surface area contributed by atoms with Crippen LogP contribution in [0.25, 0.3) is 22.2 Å². The predicted octanol–water partition coefficient (Wildman–Crippen LogP) is 3.92. The zero-order valence-electron chi connectivity index (χ0n) is 14.5. The van der Waals surface area contributed by atoms with Crippen molar-refractivity contribution < 1.29 is 14.3 Å². The number of nitrogens with one attached hydrogen (secondary N) is 1. The fourth-order valence-electron chi connectivity index (χ4n) is 3.60. The van der Waals surface area contributed by atoms with E-state index >= 15 is 0 Å². The standard InChI is InChI=1S/C21H22N2O3/c24-17-3-1-2-16(8-9-17)23-21(25)15-6-4-14(5-7-15)20-18-11-13-26-19(18)10-12-22-20/h4-7,10-13,16-17,24H,1-3,8-9H2,(H,23,25)/t16-,17+/m0/s1. The Kier molecular flexibility index (Phi) is 4.71. The van der Waals surface area contributed by atoms with Gasteiger partial charge in [0.2, 0.25) is 0 Å². The van der Waals surface area contributed by atoms with Gasteiger partial charge >= 0.3 is 0 Å². The highest BCUT2D eigenvalue weighted by Crippen LogP contribution is 2.27. The molecule has 0 saturated heterocycles. The summed E-state index contributed by atoms with van der Waals surface area (Å²) in [7, 11) is 0. The van der Waals surface area contributed by atoms with Crippen LogP contribution in [0.3, 0.4) is 0 Å². The number of hydrogen-bond acceptors (Lipinski definition) is 4. The van der Waals surface area contributed by atoms with Crippen molar-refractivity contribution in [3.8, 4) is 11.3 Å². The van der Waals surface area contributed by atoms with E-state index in [-0.39, 0.29) is 18.1 Å². The van der Waals surface area contributed by atoms with Gasteiger partial charge in [-0.3, -0.25) is 9.78 Å². The van der Waals surface area contributed by atoms with E-state index in [2.05, 4.69) is 10.3 Å². The van der Waals surface area contributed by atoms with Gasteiger partial charge in [0.15, 0.2) is 0 Å². The Bertz CT molecular complexity index is 901. The minimum Gasteiger partial charge on any atom is -0.464 e. The zero-order chi connectivity index (χ0) is 17.9. The number of furan rings is 1. The second kappa shape index (κ2) is 7.30. The number of fused-ring (bicyclic) bond motifs is 1. The van der Waals surface area contributed by atoms with Crippen LogP contribution in [0, 0.1) is 0 Å². The lowest BCUT2D eigenvalue weighted by atomic mass is 10.0. The van der Waals surface area contributed by atoms with Crippen molar-refractivity contribution in [1.82, 2.24) is 10.3 Å². The topological polar surface area (TPSA) is 75.4 Å². The summed E-state index contributed by atoms with van der Waals surface area (Å²) in [6.07, 6.45) is 7.44. The summed E-state index contributed by atoms with van der Waals surface area (Å²) >= 11 is 0. The normalized spacial score (nSPS) is 20.7. The van der Waals surface area contributed by atoms with Gasteiger partial charge in [-0.25, -0.2) is 0 Å². The minimum atomic E-state index is -0.227. The second-order valence-electron chi connectivity index (χ2n) is 6.90. The van der Waals surface area contributed by atoms with Gasteiger partial charge in [-0.1, -0.05) is 12.1 Å². The van der Waals surface area contributed by atoms with Crippen LogP contribution in [-0.2, 0) is 0 Å². The van der Waals surface area contributed by atoms with E-state index < -0.39 is 0 Å². The first kappa shape index (κ1) is 16.8. The summed E-state index contributed by atoms with van der Waals surface area (Å²) in [5, 5.41) is 13.8. The highest BCUT2D eigenvalue weighted by Gasteiger charge is 2.19. The zero-order valence-corrected chi connectivity index (χ0v) is 14.5. The van der Waals surface area contributed by atoms with Crippen molar-refractivity contribution >= 4 is 16.9 Å². The van der Waals surface area contributed by atoms with Gasteiger partial charge < -0.3 is 14.8 Å². The number of amides is 1. The molecule has 4 rings (SSSR count). The van der Waals surface area contributed by atoms with Gasteiger partial charge in [0.05, 0.1) is 18.1 Å². The number of carbonyl (C=O) groups is 1. The quantitative estimate of drug-likeness (QED) is 0.702. The lowest BCUT2D eigenvalue weighted by Crippen LogP contribution is -2.34. The predicted molar refractivity (Wildman–Crippen MR) is 99.8 cm³/mol. The fourth-order valence-corrected chi connectivity index (χ4v) is 3.60. The number of carbonyl (C=O) groups excluding carboxylic acids is 1. The summed E-state index contributed by atoms with van der Waals surface area (Å²) in [5.74, 6) is -0.0626. The Morgan fingerprint density at radius 3 is 2.77 bits per heavy atom. The number of nitrogens with zero attached hydrogens (tertiary/aromatic N) is 1. The number of aromatic nitrogens is 1. The third-order valence-electron chi connectivity index (χ3n) is 5.07. The molecule has 1 fully saturated rings. The van der Waals surface area contributed by atoms with Crippen LogP contribution in [0.5, 0.6) is 0 Å². The van der Waals surface area contributed by atoms with Crippen LogP contribution >= 0.6 is 0 Å². The number of aliphatic hydroxyl groups is 1. The van der Waals surface area contributed by atoms with Crippen molar-refractivity contribution in [2.24, 2.45) is 0 Å². The van der Waals surface area contributed by atoms with E-state index in [1.807, 2.05) is 36.4 Å². The number of aliphatic hydroxyl groups excluding tert-OH is 1.